The molecule has 0 spiro atoms. The van der Waals surface area contributed by atoms with E-state index in [0.29, 0.717) is 0 Å². The first-order valence-electron chi connectivity index (χ1n) is 5.93. The van der Waals surface area contributed by atoms with Crippen molar-refractivity contribution in [1.29, 1.82) is 0 Å². The van der Waals surface area contributed by atoms with Crippen LogP contribution in [0.5, 0.6) is 0 Å². The number of hydrogen-bond acceptors (Lipinski definition) is 1. The molecule has 0 atom stereocenters. The van der Waals surface area contributed by atoms with Crippen molar-refractivity contribution in [2.45, 2.75) is 0 Å². The summed E-state index contributed by atoms with van der Waals surface area (Å²) in [6.45, 7) is 0. The lowest BCUT2D eigenvalue weighted by Crippen LogP contribution is -3.00. The molecule has 0 unspecified atom stereocenters. The second-order valence-corrected chi connectivity index (χ2v) is 4.25. The Morgan fingerprint density at radius 2 is 1.84 bits per heavy atom. The topological polar surface area (TPSA) is 17.0 Å². The number of para-hydroxylation sites is 1. The first kappa shape index (κ1) is 13.8. The number of nitrogens with zero attached hydrogens (tertiary/aromatic N) is 1. The standard InChI is InChI=1S/C16H14NO.HI/c1-17-11-10-13(8-9-14-5-4-12-18-14)15-6-2-3-7-16(15)17;/h2-12H,1H3;1H/q+1;/p-1. The van der Waals surface area contributed by atoms with E-state index in [1.54, 1.807) is 6.26 Å². The Morgan fingerprint density at radius 3 is 2.63 bits per heavy atom. The van der Waals surface area contributed by atoms with E-state index < -0.39 is 0 Å². The molecule has 0 amide bonds. The zero-order chi connectivity index (χ0) is 12.4. The van der Waals surface area contributed by atoms with Crippen molar-refractivity contribution >= 4 is 23.1 Å². The highest BCUT2D eigenvalue weighted by Gasteiger charge is 2.06. The van der Waals surface area contributed by atoms with Crippen LogP contribution in [0.15, 0.2) is 59.3 Å². The van der Waals surface area contributed by atoms with E-state index in [1.807, 2.05) is 18.2 Å². The van der Waals surface area contributed by atoms with Gasteiger partial charge < -0.3 is 28.4 Å². The van der Waals surface area contributed by atoms with Gasteiger partial charge in [-0.15, -0.1) is 0 Å². The zero-order valence-electron chi connectivity index (χ0n) is 10.6. The van der Waals surface area contributed by atoms with Crippen molar-refractivity contribution in [2.75, 3.05) is 0 Å². The average Bonchev–Trinajstić information content (AvgIpc) is 2.92. The largest absolute Gasteiger partial charge is 1.00 e. The number of hydrogen-bond donors (Lipinski definition) is 0. The van der Waals surface area contributed by atoms with Gasteiger partial charge in [-0.25, -0.2) is 4.57 Å². The molecule has 3 heteroatoms. The van der Waals surface area contributed by atoms with E-state index in [2.05, 4.69) is 54.2 Å². The highest BCUT2D eigenvalue weighted by Crippen LogP contribution is 2.17. The lowest BCUT2D eigenvalue weighted by atomic mass is 10.1. The van der Waals surface area contributed by atoms with Gasteiger partial charge in [-0.3, -0.25) is 0 Å². The molecule has 0 radical (unpaired) electrons. The van der Waals surface area contributed by atoms with Gasteiger partial charge in [0.05, 0.1) is 11.6 Å². The molecular formula is C16H14INO. The second-order valence-electron chi connectivity index (χ2n) is 4.25. The molecule has 19 heavy (non-hydrogen) atoms. The normalized spacial score (nSPS) is 10.8. The van der Waals surface area contributed by atoms with E-state index in [-0.39, 0.29) is 24.0 Å². The van der Waals surface area contributed by atoms with Gasteiger partial charge in [0.1, 0.15) is 12.8 Å². The van der Waals surface area contributed by atoms with Crippen LogP contribution >= 0.6 is 0 Å². The monoisotopic (exact) mass is 363 g/mol. The zero-order valence-corrected chi connectivity index (χ0v) is 12.7. The molecule has 3 aromatic rings. The summed E-state index contributed by atoms with van der Waals surface area (Å²) in [6.07, 6.45) is 7.83. The number of pyridine rings is 1. The molecule has 3 rings (SSSR count). The maximum Gasteiger partial charge on any atom is 0.212 e. The predicted molar refractivity (Wildman–Crippen MR) is 72.8 cm³/mol. The van der Waals surface area contributed by atoms with Crippen molar-refractivity contribution in [3.8, 4) is 0 Å². The summed E-state index contributed by atoms with van der Waals surface area (Å²) in [6, 6.07) is 14.3. The maximum absolute atomic E-state index is 5.30. The highest BCUT2D eigenvalue weighted by molar-refractivity contribution is 5.88. The fourth-order valence-electron chi connectivity index (χ4n) is 2.09. The second kappa shape index (κ2) is 6.02. The molecule has 0 bridgehead atoms. The highest BCUT2D eigenvalue weighted by atomic mass is 127. The van der Waals surface area contributed by atoms with Crippen molar-refractivity contribution < 1.29 is 33.0 Å². The summed E-state index contributed by atoms with van der Waals surface area (Å²) in [5.74, 6) is 0.868. The van der Waals surface area contributed by atoms with Crippen molar-refractivity contribution in [3.63, 3.8) is 0 Å². The minimum atomic E-state index is 0. The molecule has 0 aliphatic carbocycles. The predicted octanol–water partition coefficient (Wildman–Crippen LogP) is 0.432. The Bertz CT molecular complexity index is 702. The van der Waals surface area contributed by atoms with E-state index in [0.717, 1.165) is 5.76 Å². The van der Waals surface area contributed by atoms with Gasteiger partial charge in [0.15, 0.2) is 6.20 Å². The van der Waals surface area contributed by atoms with Gasteiger partial charge in [0.2, 0.25) is 5.52 Å². The third kappa shape index (κ3) is 2.87. The van der Waals surface area contributed by atoms with E-state index in [1.165, 1.54) is 16.5 Å². The SMILES string of the molecule is C[n+]1ccc(C=Cc2ccco2)c2ccccc21.[I-]. The van der Waals surface area contributed by atoms with Crippen LogP contribution < -0.4 is 28.5 Å². The lowest BCUT2D eigenvalue weighted by molar-refractivity contribution is -0.644. The molecule has 2 nitrogen and oxygen atoms in total. The van der Waals surface area contributed by atoms with Gasteiger partial charge in [-0.1, -0.05) is 18.2 Å². The van der Waals surface area contributed by atoms with Crippen LogP contribution in [0.2, 0.25) is 0 Å². The third-order valence-electron chi connectivity index (χ3n) is 3.04. The Balaban J connectivity index is 0.00000133. The third-order valence-corrected chi connectivity index (χ3v) is 3.04. The molecule has 96 valence electrons. The Kier molecular flexibility index (Phi) is 4.37. The van der Waals surface area contributed by atoms with Crippen LogP contribution in [-0.2, 0) is 7.05 Å². The van der Waals surface area contributed by atoms with Crippen LogP contribution in [0.25, 0.3) is 23.1 Å². The number of aryl methyl sites for hydroxylation is 1. The fourth-order valence-corrected chi connectivity index (χ4v) is 2.09. The lowest BCUT2D eigenvalue weighted by Gasteiger charge is -2.00. The molecule has 0 saturated carbocycles. The number of aromatic nitrogens is 1. The first-order valence-corrected chi connectivity index (χ1v) is 5.93. The summed E-state index contributed by atoms with van der Waals surface area (Å²) in [5, 5.41) is 1.24. The van der Waals surface area contributed by atoms with Gasteiger partial charge in [0, 0.05) is 12.1 Å². The number of halogens is 1. The van der Waals surface area contributed by atoms with Gasteiger partial charge in [-0.05, 0) is 29.8 Å². The van der Waals surface area contributed by atoms with Gasteiger partial charge in [0.25, 0.3) is 0 Å². The number of rotatable bonds is 2. The van der Waals surface area contributed by atoms with E-state index in [9.17, 15) is 0 Å². The number of benzene rings is 1. The van der Waals surface area contributed by atoms with E-state index >= 15 is 0 Å². The summed E-state index contributed by atoms with van der Waals surface area (Å²) in [4.78, 5) is 0. The summed E-state index contributed by atoms with van der Waals surface area (Å²) >= 11 is 0. The van der Waals surface area contributed by atoms with E-state index in [4.69, 9.17) is 4.42 Å². The molecule has 1 aromatic carbocycles. The molecule has 0 N–H and O–H groups in total. The maximum atomic E-state index is 5.30. The molecule has 2 heterocycles. The smallest absolute Gasteiger partial charge is 0.212 e. The van der Waals surface area contributed by atoms with Gasteiger partial charge >= 0.3 is 0 Å². The summed E-state index contributed by atoms with van der Waals surface area (Å²) in [7, 11) is 2.06. The van der Waals surface area contributed by atoms with Crippen LogP contribution in [0, 0.1) is 0 Å². The molecule has 0 aliphatic heterocycles. The number of furan rings is 1. The van der Waals surface area contributed by atoms with Crippen LogP contribution in [-0.4, -0.2) is 0 Å². The Morgan fingerprint density at radius 1 is 1.00 bits per heavy atom. The average molecular weight is 363 g/mol. The molecule has 2 aromatic heterocycles. The Hall–Kier alpha value is -1.62. The summed E-state index contributed by atoms with van der Waals surface area (Å²) < 4.78 is 7.42. The Labute approximate surface area is 129 Å². The summed E-state index contributed by atoms with van der Waals surface area (Å²) in [5.41, 5.74) is 2.42. The molecule has 0 fully saturated rings. The fraction of sp³-hybridized carbons (Fsp3) is 0.0625. The first-order chi connectivity index (χ1) is 8.84. The molecule has 0 saturated heterocycles. The van der Waals surface area contributed by atoms with Crippen LogP contribution in [0.3, 0.4) is 0 Å². The van der Waals surface area contributed by atoms with Crippen molar-refractivity contribution in [2.24, 2.45) is 7.05 Å². The molecular weight excluding hydrogens is 349 g/mol. The van der Waals surface area contributed by atoms with Gasteiger partial charge in [-0.2, -0.15) is 0 Å². The minimum Gasteiger partial charge on any atom is -1.00 e. The number of fused-ring (bicyclic) bond motifs is 1. The minimum absolute atomic E-state index is 0. The quantitative estimate of drug-likeness (QED) is 0.477. The van der Waals surface area contributed by atoms with Crippen LogP contribution in [0.4, 0.5) is 0 Å². The molecule has 0 aliphatic rings. The van der Waals surface area contributed by atoms with Crippen molar-refractivity contribution in [1.82, 2.24) is 0 Å². The van der Waals surface area contributed by atoms with Crippen molar-refractivity contribution in [3.05, 3.63) is 66.2 Å². The van der Waals surface area contributed by atoms with Crippen LogP contribution in [0.1, 0.15) is 11.3 Å².